The van der Waals surface area contributed by atoms with Crippen LogP contribution in [-0.2, 0) is 0 Å². The lowest BCUT2D eigenvalue weighted by Gasteiger charge is -2.25. The number of H-pyrrole nitrogens is 1. The van der Waals surface area contributed by atoms with Gasteiger partial charge in [-0.05, 0) is 31.9 Å². The molecule has 1 aromatic heterocycles. The summed E-state index contributed by atoms with van der Waals surface area (Å²) < 4.78 is 0. The molecule has 0 aromatic carbocycles. The first-order valence-electron chi connectivity index (χ1n) is 7.18. The summed E-state index contributed by atoms with van der Waals surface area (Å²) in [4.78, 5) is 17.3. The Hall–Kier alpha value is -0.710. The molecule has 1 aromatic rings. The van der Waals surface area contributed by atoms with Crippen LogP contribution >= 0.6 is 23.2 Å². The van der Waals surface area contributed by atoms with Crippen molar-refractivity contribution < 1.29 is 4.79 Å². The lowest BCUT2D eigenvalue weighted by molar-refractivity contribution is 0.0734. The number of carbonyl (C=O) groups is 1. The third-order valence-corrected chi connectivity index (χ3v) is 4.32. The Morgan fingerprint density at radius 3 is 2.85 bits per heavy atom. The van der Waals surface area contributed by atoms with Crippen molar-refractivity contribution in [1.29, 1.82) is 0 Å². The second-order valence-electron chi connectivity index (χ2n) is 5.24. The van der Waals surface area contributed by atoms with E-state index in [4.69, 9.17) is 23.2 Å². The molecule has 6 heteroatoms. The molecular weight excluding hydrogens is 297 g/mol. The van der Waals surface area contributed by atoms with Crippen molar-refractivity contribution in [2.45, 2.75) is 38.6 Å². The zero-order valence-corrected chi connectivity index (χ0v) is 13.2. The van der Waals surface area contributed by atoms with Crippen molar-refractivity contribution in [3.63, 3.8) is 0 Å². The molecule has 1 amide bonds. The maximum atomic E-state index is 12.6. The van der Waals surface area contributed by atoms with Crippen LogP contribution in [0.5, 0.6) is 0 Å². The van der Waals surface area contributed by atoms with Gasteiger partial charge >= 0.3 is 0 Å². The number of amides is 1. The molecule has 2 N–H and O–H groups in total. The van der Waals surface area contributed by atoms with Crippen LogP contribution in [0.2, 0.25) is 10.2 Å². The van der Waals surface area contributed by atoms with Crippen LogP contribution in [-0.4, -0.2) is 41.5 Å². The molecule has 1 aliphatic heterocycles. The van der Waals surface area contributed by atoms with E-state index in [1.807, 2.05) is 4.90 Å². The van der Waals surface area contributed by atoms with Crippen LogP contribution in [0.1, 0.15) is 43.1 Å². The van der Waals surface area contributed by atoms with E-state index >= 15 is 0 Å². The second-order valence-corrected chi connectivity index (χ2v) is 6.03. The molecule has 4 nitrogen and oxygen atoms in total. The number of aromatic nitrogens is 1. The fourth-order valence-corrected chi connectivity index (χ4v) is 2.81. The maximum absolute atomic E-state index is 12.6. The topological polar surface area (TPSA) is 48.1 Å². The van der Waals surface area contributed by atoms with Crippen LogP contribution in [0.4, 0.5) is 0 Å². The number of hydrogen-bond donors (Lipinski definition) is 2. The lowest BCUT2D eigenvalue weighted by atomic mass is 10.2. The van der Waals surface area contributed by atoms with Gasteiger partial charge in [0.15, 0.2) is 0 Å². The predicted molar refractivity (Wildman–Crippen MR) is 82.6 cm³/mol. The van der Waals surface area contributed by atoms with E-state index in [1.165, 1.54) is 6.42 Å². The van der Waals surface area contributed by atoms with E-state index in [9.17, 15) is 4.79 Å². The number of halogens is 2. The minimum Gasteiger partial charge on any atom is -0.340 e. The summed E-state index contributed by atoms with van der Waals surface area (Å²) in [6.07, 6.45) is 4.37. The fourth-order valence-electron chi connectivity index (χ4n) is 2.49. The molecule has 1 saturated heterocycles. The number of aromatic amines is 1. The summed E-state index contributed by atoms with van der Waals surface area (Å²) in [5, 5.41) is 4.15. The zero-order chi connectivity index (χ0) is 14.5. The molecular formula is C14H21Cl2N3O. The Labute approximate surface area is 129 Å². The Bertz CT molecular complexity index is 436. The van der Waals surface area contributed by atoms with Crippen molar-refractivity contribution in [2.24, 2.45) is 0 Å². The summed E-state index contributed by atoms with van der Waals surface area (Å²) in [5.74, 6) is -0.0269. The number of rotatable bonds is 6. The maximum Gasteiger partial charge on any atom is 0.270 e. The van der Waals surface area contributed by atoms with E-state index < -0.39 is 0 Å². The van der Waals surface area contributed by atoms with Gasteiger partial charge in [-0.25, -0.2) is 0 Å². The van der Waals surface area contributed by atoms with E-state index in [0.29, 0.717) is 21.9 Å². The standard InChI is InChI=1S/C14H21Cl2N3O/c1-2-3-7-19(9-10-5-4-6-17-10)14(20)12-8-11(15)13(16)18-12/h8,10,17-18H,2-7,9H2,1H3. The number of carbonyl (C=O) groups excluding carboxylic acids is 1. The number of nitrogens with zero attached hydrogens (tertiary/aromatic N) is 1. The summed E-state index contributed by atoms with van der Waals surface area (Å²) in [7, 11) is 0. The van der Waals surface area contributed by atoms with Gasteiger partial charge in [0.2, 0.25) is 0 Å². The van der Waals surface area contributed by atoms with E-state index in [-0.39, 0.29) is 5.91 Å². The van der Waals surface area contributed by atoms with Crippen LogP contribution in [0.25, 0.3) is 0 Å². The van der Waals surface area contributed by atoms with Gasteiger partial charge in [0.1, 0.15) is 10.8 Å². The van der Waals surface area contributed by atoms with Crippen LogP contribution in [0.15, 0.2) is 6.07 Å². The molecule has 1 fully saturated rings. The van der Waals surface area contributed by atoms with Crippen molar-refractivity contribution >= 4 is 29.1 Å². The molecule has 112 valence electrons. The summed E-state index contributed by atoms with van der Waals surface area (Å²) in [6.45, 7) is 4.67. The molecule has 1 unspecified atom stereocenters. The Morgan fingerprint density at radius 2 is 2.30 bits per heavy atom. The van der Waals surface area contributed by atoms with Gasteiger partial charge in [-0.3, -0.25) is 4.79 Å². The number of unbranched alkanes of at least 4 members (excludes halogenated alkanes) is 1. The van der Waals surface area contributed by atoms with Crippen LogP contribution in [0.3, 0.4) is 0 Å². The number of hydrogen-bond acceptors (Lipinski definition) is 2. The van der Waals surface area contributed by atoms with Gasteiger partial charge in [-0.2, -0.15) is 0 Å². The molecule has 0 saturated carbocycles. The van der Waals surface area contributed by atoms with Gasteiger partial charge in [-0.1, -0.05) is 36.5 Å². The quantitative estimate of drug-likeness (QED) is 0.845. The van der Waals surface area contributed by atoms with E-state index in [1.54, 1.807) is 6.07 Å². The highest BCUT2D eigenvalue weighted by Crippen LogP contribution is 2.23. The second kappa shape index (κ2) is 7.34. The minimum atomic E-state index is -0.0269. The predicted octanol–water partition coefficient (Wildman–Crippen LogP) is 3.32. The molecule has 2 rings (SSSR count). The molecule has 0 aliphatic carbocycles. The first-order chi connectivity index (χ1) is 9.61. The molecule has 2 heterocycles. The van der Waals surface area contributed by atoms with E-state index in [0.717, 1.165) is 38.9 Å². The third-order valence-electron chi connectivity index (χ3n) is 3.63. The van der Waals surface area contributed by atoms with Gasteiger partial charge in [0.05, 0.1) is 5.02 Å². The van der Waals surface area contributed by atoms with Crippen LogP contribution < -0.4 is 5.32 Å². The third kappa shape index (κ3) is 3.90. The zero-order valence-electron chi connectivity index (χ0n) is 11.7. The first-order valence-corrected chi connectivity index (χ1v) is 7.94. The first kappa shape index (κ1) is 15.7. The van der Waals surface area contributed by atoms with Gasteiger partial charge in [0.25, 0.3) is 5.91 Å². The molecule has 20 heavy (non-hydrogen) atoms. The van der Waals surface area contributed by atoms with Gasteiger partial charge in [-0.15, -0.1) is 0 Å². The van der Waals surface area contributed by atoms with Crippen molar-refractivity contribution in [2.75, 3.05) is 19.6 Å². The largest absolute Gasteiger partial charge is 0.340 e. The molecule has 0 radical (unpaired) electrons. The summed E-state index contributed by atoms with van der Waals surface area (Å²) in [5.41, 5.74) is 0.467. The molecule has 0 spiro atoms. The Morgan fingerprint density at radius 1 is 1.50 bits per heavy atom. The summed E-state index contributed by atoms with van der Waals surface area (Å²) in [6, 6.07) is 2.00. The Kier molecular flexibility index (Phi) is 5.75. The van der Waals surface area contributed by atoms with Gasteiger partial charge in [0, 0.05) is 19.1 Å². The molecule has 1 aliphatic rings. The van der Waals surface area contributed by atoms with Crippen molar-refractivity contribution in [3.8, 4) is 0 Å². The summed E-state index contributed by atoms with van der Waals surface area (Å²) >= 11 is 11.8. The van der Waals surface area contributed by atoms with Gasteiger partial charge < -0.3 is 15.2 Å². The smallest absolute Gasteiger partial charge is 0.270 e. The van der Waals surface area contributed by atoms with Crippen molar-refractivity contribution in [3.05, 3.63) is 21.9 Å². The number of nitrogens with one attached hydrogen (secondary N) is 2. The highest BCUT2D eigenvalue weighted by Gasteiger charge is 2.23. The van der Waals surface area contributed by atoms with Crippen LogP contribution in [0, 0.1) is 0 Å². The normalized spacial score (nSPS) is 18.4. The average Bonchev–Trinajstić information content (AvgIpc) is 3.05. The van der Waals surface area contributed by atoms with E-state index in [2.05, 4.69) is 17.2 Å². The highest BCUT2D eigenvalue weighted by atomic mass is 35.5. The average molecular weight is 318 g/mol. The Balaban J connectivity index is 2.05. The minimum absolute atomic E-state index is 0.0269. The fraction of sp³-hybridized carbons (Fsp3) is 0.643. The monoisotopic (exact) mass is 317 g/mol. The van der Waals surface area contributed by atoms with Crippen molar-refractivity contribution in [1.82, 2.24) is 15.2 Å². The highest BCUT2D eigenvalue weighted by molar-refractivity contribution is 6.41. The molecule has 0 bridgehead atoms. The lowest BCUT2D eigenvalue weighted by Crippen LogP contribution is -2.41. The molecule has 1 atom stereocenters. The SMILES string of the molecule is CCCCN(CC1CCCN1)C(=O)c1cc(Cl)c(Cl)[nH]1.